The highest BCUT2D eigenvalue weighted by Gasteiger charge is 2.70. The summed E-state index contributed by atoms with van der Waals surface area (Å²) in [7, 11) is 0. The van der Waals surface area contributed by atoms with Gasteiger partial charge in [0.05, 0.1) is 12.1 Å². The predicted octanol–water partition coefficient (Wildman–Crippen LogP) is 3.52. The third-order valence-electron chi connectivity index (χ3n) is 7.18. The van der Waals surface area contributed by atoms with Crippen LogP contribution in [-0.2, 0) is 4.79 Å². The van der Waals surface area contributed by atoms with Crippen LogP contribution in [0.1, 0.15) is 53.2 Å². The molecule has 1 amide bonds. The summed E-state index contributed by atoms with van der Waals surface area (Å²) < 4.78 is 0. The van der Waals surface area contributed by atoms with Crippen molar-refractivity contribution in [3.63, 3.8) is 0 Å². The lowest BCUT2D eigenvalue weighted by Crippen LogP contribution is -2.49. The molecule has 4 atom stereocenters. The van der Waals surface area contributed by atoms with Gasteiger partial charge in [-0.25, -0.2) is 0 Å². The van der Waals surface area contributed by atoms with Crippen molar-refractivity contribution >= 4 is 11.7 Å². The number of hydrogen-bond donors (Lipinski definition) is 0. The van der Waals surface area contributed by atoms with E-state index in [-0.39, 0.29) is 34.7 Å². The van der Waals surface area contributed by atoms with E-state index in [1.165, 1.54) is 12.8 Å². The molecule has 0 radical (unpaired) electrons. The molecule has 2 saturated carbocycles. The molecule has 1 aromatic rings. The number of aromatic nitrogens is 1. The molecule has 3 aliphatic rings. The molecular weight excluding hydrogens is 298 g/mol. The Morgan fingerprint density at radius 3 is 2.67 bits per heavy atom. The zero-order chi connectivity index (χ0) is 17.3. The van der Waals surface area contributed by atoms with Gasteiger partial charge in [-0.05, 0) is 41.7 Å². The van der Waals surface area contributed by atoms with Gasteiger partial charge in [-0.1, -0.05) is 40.7 Å². The second kappa shape index (κ2) is 4.90. The molecule has 0 N–H and O–H groups in total. The SMILES string of the molecule is CC(C)C(=O)N1C(c2ccccn2)=N[C@@H]2[C@H]1[C@H]1CC[C@]2(C)C1(C)C. The summed E-state index contributed by atoms with van der Waals surface area (Å²) >= 11 is 0. The Labute approximate surface area is 144 Å². The molecule has 128 valence electrons. The van der Waals surface area contributed by atoms with Crippen LogP contribution < -0.4 is 0 Å². The Bertz CT molecular complexity index is 709. The van der Waals surface area contributed by atoms with Gasteiger partial charge in [0.1, 0.15) is 5.69 Å². The maximum atomic E-state index is 13.1. The smallest absolute Gasteiger partial charge is 0.231 e. The fourth-order valence-electron chi connectivity index (χ4n) is 5.37. The number of amides is 1. The van der Waals surface area contributed by atoms with Gasteiger partial charge in [0, 0.05) is 12.1 Å². The Balaban J connectivity index is 1.85. The Morgan fingerprint density at radius 1 is 1.29 bits per heavy atom. The maximum Gasteiger partial charge on any atom is 0.231 e. The van der Waals surface area contributed by atoms with Crippen LogP contribution >= 0.6 is 0 Å². The molecule has 24 heavy (non-hydrogen) atoms. The summed E-state index contributed by atoms with van der Waals surface area (Å²) in [5.74, 6) is 1.45. The van der Waals surface area contributed by atoms with E-state index >= 15 is 0 Å². The zero-order valence-corrected chi connectivity index (χ0v) is 15.3. The number of fused-ring (bicyclic) bond motifs is 5. The van der Waals surface area contributed by atoms with Crippen molar-refractivity contribution < 1.29 is 4.79 Å². The number of rotatable bonds is 2. The van der Waals surface area contributed by atoms with E-state index in [9.17, 15) is 4.79 Å². The number of carbonyl (C=O) groups is 1. The average molecular weight is 325 g/mol. The Morgan fingerprint density at radius 2 is 2.04 bits per heavy atom. The molecule has 1 aromatic heterocycles. The summed E-state index contributed by atoms with van der Waals surface area (Å²) in [5, 5.41) is 0. The lowest BCUT2D eigenvalue weighted by Gasteiger charge is -2.36. The zero-order valence-electron chi connectivity index (χ0n) is 15.3. The van der Waals surface area contributed by atoms with Gasteiger partial charge < -0.3 is 0 Å². The molecular formula is C20H27N3O. The van der Waals surface area contributed by atoms with E-state index in [1.54, 1.807) is 6.20 Å². The molecule has 0 aromatic carbocycles. The molecule has 4 rings (SSSR count). The van der Waals surface area contributed by atoms with E-state index in [2.05, 4.69) is 25.8 Å². The molecule has 2 aliphatic carbocycles. The molecule has 2 heterocycles. The summed E-state index contributed by atoms with van der Waals surface area (Å²) in [5.41, 5.74) is 1.20. The van der Waals surface area contributed by atoms with E-state index in [4.69, 9.17) is 4.99 Å². The lowest BCUT2D eigenvalue weighted by atomic mass is 9.69. The standard InChI is InChI=1S/C20H27N3O/c1-12(2)18(24)23-15-13-9-10-20(5,19(13,3)4)16(15)22-17(23)14-8-6-7-11-21-14/h6-8,11-13,15-16H,9-10H2,1-5H3/t13-,15-,16-,20+/m1/s1. The van der Waals surface area contributed by atoms with E-state index in [1.807, 2.05) is 36.9 Å². The first-order chi connectivity index (χ1) is 11.3. The van der Waals surface area contributed by atoms with Crippen molar-refractivity contribution in [1.82, 2.24) is 9.88 Å². The highest BCUT2D eigenvalue weighted by molar-refractivity contribution is 6.09. The molecule has 4 heteroatoms. The minimum Gasteiger partial charge on any atom is -0.289 e. The average Bonchev–Trinajstić information content (AvgIpc) is 3.10. The normalized spacial score (nSPS) is 36.2. The Kier molecular flexibility index (Phi) is 3.23. The van der Waals surface area contributed by atoms with Crippen molar-refractivity contribution in [3.05, 3.63) is 30.1 Å². The minimum atomic E-state index is -0.0345. The molecule has 0 spiro atoms. The van der Waals surface area contributed by atoms with Crippen LogP contribution in [0.2, 0.25) is 0 Å². The minimum absolute atomic E-state index is 0.0345. The number of hydrogen-bond acceptors (Lipinski definition) is 3. The van der Waals surface area contributed by atoms with Crippen molar-refractivity contribution in [3.8, 4) is 0 Å². The number of nitrogens with zero attached hydrogens (tertiary/aromatic N) is 3. The van der Waals surface area contributed by atoms with Gasteiger partial charge in [0.25, 0.3) is 0 Å². The molecule has 2 fully saturated rings. The topological polar surface area (TPSA) is 45.6 Å². The van der Waals surface area contributed by atoms with Crippen LogP contribution in [0.4, 0.5) is 0 Å². The van der Waals surface area contributed by atoms with Crippen LogP contribution in [0.25, 0.3) is 0 Å². The fraction of sp³-hybridized carbons (Fsp3) is 0.650. The van der Waals surface area contributed by atoms with Crippen LogP contribution in [0, 0.1) is 22.7 Å². The van der Waals surface area contributed by atoms with E-state index < -0.39 is 0 Å². The molecule has 1 aliphatic heterocycles. The largest absolute Gasteiger partial charge is 0.289 e. The number of carbonyl (C=O) groups excluding carboxylic acids is 1. The quantitative estimate of drug-likeness (QED) is 0.835. The fourth-order valence-corrected chi connectivity index (χ4v) is 5.37. The predicted molar refractivity (Wildman–Crippen MR) is 94.6 cm³/mol. The molecule has 4 nitrogen and oxygen atoms in total. The number of aliphatic imine (C=N–C) groups is 1. The van der Waals surface area contributed by atoms with Crippen molar-refractivity contribution in [2.45, 2.75) is 59.5 Å². The van der Waals surface area contributed by atoms with Crippen molar-refractivity contribution in [1.29, 1.82) is 0 Å². The highest BCUT2D eigenvalue weighted by Crippen LogP contribution is 2.68. The first kappa shape index (κ1) is 15.8. The van der Waals surface area contributed by atoms with Crippen LogP contribution in [0.3, 0.4) is 0 Å². The molecule has 2 bridgehead atoms. The Hall–Kier alpha value is -1.71. The first-order valence-corrected chi connectivity index (χ1v) is 9.11. The highest BCUT2D eigenvalue weighted by atomic mass is 16.2. The van der Waals surface area contributed by atoms with Gasteiger partial charge in [0.15, 0.2) is 5.84 Å². The van der Waals surface area contributed by atoms with Crippen LogP contribution in [0.5, 0.6) is 0 Å². The third kappa shape index (κ3) is 1.77. The lowest BCUT2D eigenvalue weighted by molar-refractivity contribution is -0.132. The van der Waals surface area contributed by atoms with Gasteiger partial charge in [-0.15, -0.1) is 0 Å². The van der Waals surface area contributed by atoms with Crippen molar-refractivity contribution in [2.75, 3.05) is 0 Å². The van der Waals surface area contributed by atoms with E-state index in [0.29, 0.717) is 5.92 Å². The van der Waals surface area contributed by atoms with Gasteiger partial charge >= 0.3 is 0 Å². The maximum absolute atomic E-state index is 13.1. The van der Waals surface area contributed by atoms with Crippen LogP contribution in [-0.4, -0.2) is 33.7 Å². The van der Waals surface area contributed by atoms with Crippen LogP contribution in [0.15, 0.2) is 29.4 Å². The third-order valence-corrected chi connectivity index (χ3v) is 7.18. The summed E-state index contributed by atoms with van der Waals surface area (Å²) in [6, 6.07) is 6.24. The number of amidine groups is 1. The second-order valence-electron chi connectivity index (χ2n) is 8.75. The van der Waals surface area contributed by atoms with Gasteiger partial charge in [-0.3, -0.25) is 19.7 Å². The second-order valence-corrected chi connectivity index (χ2v) is 8.75. The van der Waals surface area contributed by atoms with E-state index in [0.717, 1.165) is 11.5 Å². The summed E-state index contributed by atoms with van der Waals surface area (Å²) in [4.78, 5) is 24.7. The van der Waals surface area contributed by atoms with Crippen molar-refractivity contribution in [2.24, 2.45) is 27.7 Å². The molecule has 0 saturated heterocycles. The summed E-state index contributed by atoms with van der Waals surface area (Å²) in [6.45, 7) is 11.1. The summed E-state index contributed by atoms with van der Waals surface area (Å²) in [6.07, 6.45) is 4.18. The first-order valence-electron chi connectivity index (χ1n) is 9.11. The number of pyridine rings is 1. The monoisotopic (exact) mass is 325 g/mol. The van der Waals surface area contributed by atoms with Gasteiger partial charge in [0.2, 0.25) is 5.91 Å². The van der Waals surface area contributed by atoms with Gasteiger partial charge in [-0.2, -0.15) is 0 Å². The molecule has 0 unspecified atom stereocenters.